The van der Waals surface area contributed by atoms with Gasteiger partial charge in [-0.1, -0.05) is 0 Å². The molecule has 1 aromatic rings. The Kier molecular flexibility index (Phi) is 7.93. The fourth-order valence-corrected chi connectivity index (χ4v) is 2.07. The SMILES string of the molecule is COC(=O)C=C(C)Nc1sccc1CC(=O)[O-].[Na+]. The van der Waals surface area contributed by atoms with E-state index < -0.39 is 11.9 Å². The van der Waals surface area contributed by atoms with Gasteiger partial charge in [-0.3, -0.25) is 0 Å². The van der Waals surface area contributed by atoms with Gasteiger partial charge in [-0.05, 0) is 23.9 Å². The van der Waals surface area contributed by atoms with Crippen LogP contribution in [0.1, 0.15) is 12.5 Å². The number of carboxylic acid groups (broad SMARTS) is 1. The van der Waals surface area contributed by atoms with Crippen molar-refractivity contribution >= 4 is 28.3 Å². The Morgan fingerprint density at radius 2 is 2.22 bits per heavy atom. The number of anilines is 1. The van der Waals surface area contributed by atoms with Gasteiger partial charge in [0.05, 0.1) is 12.1 Å². The molecule has 0 bridgehead atoms. The van der Waals surface area contributed by atoms with Gasteiger partial charge in [-0.2, -0.15) is 0 Å². The molecule has 92 valence electrons. The number of hydrogen-bond donors (Lipinski definition) is 1. The van der Waals surface area contributed by atoms with Crippen molar-refractivity contribution < 1.29 is 49.0 Å². The van der Waals surface area contributed by atoms with E-state index >= 15 is 0 Å². The smallest absolute Gasteiger partial charge is 0.550 e. The molecule has 0 aliphatic heterocycles. The zero-order valence-electron chi connectivity index (χ0n) is 10.5. The Hall–Kier alpha value is -0.820. The van der Waals surface area contributed by atoms with E-state index in [1.807, 2.05) is 0 Å². The summed E-state index contributed by atoms with van der Waals surface area (Å²) in [5.41, 5.74) is 1.21. The van der Waals surface area contributed by atoms with Crippen LogP contribution in [0.25, 0.3) is 0 Å². The van der Waals surface area contributed by atoms with Gasteiger partial charge in [0.2, 0.25) is 0 Å². The van der Waals surface area contributed by atoms with Crippen molar-refractivity contribution in [2.75, 3.05) is 12.4 Å². The van der Waals surface area contributed by atoms with E-state index in [-0.39, 0.29) is 36.0 Å². The van der Waals surface area contributed by atoms with Crippen LogP contribution < -0.4 is 40.0 Å². The molecular formula is C11H12NNaO4S. The van der Waals surface area contributed by atoms with Gasteiger partial charge in [0.15, 0.2) is 0 Å². The summed E-state index contributed by atoms with van der Waals surface area (Å²) in [7, 11) is 1.29. The molecule has 5 nitrogen and oxygen atoms in total. The van der Waals surface area contributed by atoms with E-state index in [9.17, 15) is 14.7 Å². The number of ether oxygens (including phenoxy) is 1. The average molecular weight is 277 g/mol. The van der Waals surface area contributed by atoms with Crippen molar-refractivity contribution in [3.05, 3.63) is 28.8 Å². The van der Waals surface area contributed by atoms with Crippen LogP contribution in [0.5, 0.6) is 0 Å². The van der Waals surface area contributed by atoms with Gasteiger partial charge < -0.3 is 20.0 Å². The van der Waals surface area contributed by atoms with Crippen molar-refractivity contribution in [1.29, 1.82) is 0 Å². The number of carbonyl (C=O) groups excluding carboxylic acids is 2. The fourth-order valence-electron chi connectivity index (χ4n) is 1.19. The summed E-state index contributed by atoms with van der Waals surface area (Å²) in [6.07, 6.45) is 1.14. The second kappa shape index (κ2) is 8.31. The predicted octanol–water partition coefficient (Wildman–Crippen LogP) is -2.47. The van der Waals surface area contributed by atoms with E-state index in [0.717, 1.165) is 0 Å². The Morgan fingerprint density at radius 1 is 1.56 bits per heavy atom. The van der Waals surface area contributed by atoms with E-state index in [1.54, 1.807) is 18.4 Å². The first-order valence-electron chi connectivity index (χ1n) is 4.82. The van der Waals surface area contributed by atoms with Gasteiger partial charge in [-0.15, -0.1) is 11.3 Å². The summed E-state index contributed by atoms with van der Waals surface area (Å²) in [4.78, 5) is 21.5. The molecule has 18 heavy (non-hydrogen) atoms. The van der Waals surface area contributed by atoms with Crippen LogP contribution in [0.4, 0.5) is 5.00 Å². The van der Waals surface area contributed by atoms with Crippen molar-refractivity contribution in [3.8, 4) is 0 Å². The van der Waals surface area contributed by atoms with Crippen LogP contribution >= 0.6 is 11.3 Å². The summed E-state index contributed by atoms with van der Waals surface area (Å²) in [5, 5.41) is 15.9. The summed E-state index contributed by atoms with van der Waals surface area (Å²) < 4.78 is 4.48. The number of rotatable bonds is 5. The standard InChI is InChI=1S/C11H13NO4S.Na/c1-7(5-10(15)16-2)12-11-8(3-4-17-11)6-9(13)14;/h3-5,12H,6H2,1-2H3,(H,13,14);/q;+1/p-1. The minimum atomic E-state index is -1.14. The maximum absolute atomic E-state index is 11.0. The first-order valence-corrected chi connectivity index (χ1v) is 5.70. The monoisotopic (exact) mass is 277 g/mol. The topological polar surface area (TPSA) is 78.5 Å². The van der Waals surface area contributed by atoms with Gasteiger partial charge in [0.25, 0.3) is 0 Å². The molecule has 0 aliphatic rings. The molecule has 0 radical (unpaired) electrons. The van der Waals surface area contributed by atoms with Gasteiger partial charge in [0, 0.05) is 24.2 Å². The molecule has 1 N–H and O–H groups in total. The van der Waals surface area contributed by atoms with Crippen LogP contribution in [-0.4, -0.2) is 19.0 Å². The molecule has 1 heterocycles. The molecule has 7 heteroatoms. The molecule has 0 saturated heterocycles. The molecule has 0 unspecified atom stereocenters. The number of hydrogen-bond acceptors (Lipinski definition) is 6. The van der Waals surface area contributed by atoms with Gasteiger partial charge in [0.1, 0.15) is 0 Å². The first-order chi connectivity index (χ1) is 8.02. The number of carboxylic acids is 1. The van der Waals surface area contributed by atoms with E-state index in [0.29, 0.717) is 16.3 Å². The molecule has 0 saturated carbocycles. The van der Waals surface area contributed by atoms with Crippen molar-refractivity contribution in [1.82, 2.24) is 0 Å². The predicted molar refractivity (Wildman–Crippen MR) is 62.4 cm³/mol. The van der Waals surface area contributed by atoms with Crippen LogP contribution in [0.15, 0.2) is 23.2 Å². The van der Waals surface area contributed by atoms with Gasteiger partial charge in [-0.25, -0.2) is 4.79 Å². The molecule has 0 amide bonds. The van der Waals surface area contributed by atoms with Crippen LogP contribution in [0.2, 0.25) is 0 Å². The van der Waals surface area contributed by atoms with Crippen molar-refractivity contribution in [3.63, 3.8) is 0 Å². The largest absolute Gasteiger partial charge is 1.00 e. The molecule has 0 aliphatic carbocycles. The molecule has 0 aromatic carbocycles. The zero-order chi connectivity index (χ0) is 12.8. The fraction of sp³-hybridized carbons (Fsp3) is 0.273. The maximum atomic E-state index is 11.0. The number of nitrogens with one attached hydrogen (secondary N) is 1. The van der Waals surface area contributed by atoms with E-state index in [1.165, 1.54) is 24.5 Å². The third-order valence-corrected chi connectivity index (χ3v) is 2.80. The molecule has 0 spiro atoms. The Bertz CT molecular complexity index is 456. The second-order valence-electron chi connectivity index (χ2n) is 3.30. The van der Waals surface area contributed by atoms with Crippen LogP contribution in [-0.2, 0) is 20.7 Å². The zero-order valence-corrected chi connectivity index (χ0v) is 13.3. The third kappa shape index (κ3) is 5.68. The molecule has 1 aromatic heterocycles. The number of allylic oxidation sites excluding steroid dienone is 1. The summed E-state index contributed by atoms with van der Waals surface area (Å²) in [5.74, 6) is -1.60. The van der Waals surface area contributed by atoms with E-state index in [4.69, 9.17) is 0 Å². The Balaban J connectivity index is 0.00000289. The van der Waals surface area contributed by atoms with Crippen LogP contribution in [0, 0.1) is 0 Å². The van der Waals surface area contributed by atoms with E-state index in [2.05, 4.69) is 10.1 Å². The quantitative estimate of drug-likeness (QED) is 0.367. The number of aliphatic carboxylic acids is 1. The average Bonchev–Trinajstić information content (AvgIpc) is 2.64. The van der Waals surface area contributed by atoms with Crippen LogP contribution in [0.3, 0.4) is 0 Å². The van der Waals surface area contributed by atoms with Crippen molar-refractivity contribution in [2.45, 2.75) is 13.3 Å². The molecule has 1 rings (SSSR count). The third-order valence-electron chi connectivity index (χ3n) is 1.93. The number of methoxy groups -OCH3 is 1. The normalized spacial score (nSPS) is 10.4. The number of esters is 1. The number of carbonyl (C=O) groups is 2. The second-order valence-corrected chi connectivity index (χ2v) is 4.22. The first kappa shape index (κ1) is 17.2. The Labute approximate surface area is 131 Å². The van der Waals surface area contributed by atoms with Crippen molar-refractivity contribution in [2.24, 2.45) is 0 Å². The molecule has 0 atom stereocenters. The number of thiophene rings is 1. The minimum absolute atomic E-state index is 0. The Morgan fingerprint density at radius 3 is 2.78 bits per heavy atom. The maximum Gasteiger partial charge on any atom is 1.00 e. The molecular weight excluding hydrogens is 265 g/mol. The minimum Gasteiger partial charge on any atom is -0.550 e. The summed E-state index contributed by atoms with van der Waals surface area (Å²) in [6, 6.07) is 1.70. The van der Waals surface area contributed by atoms with Gasteiger partial charge >= 0.3 is 35.5 Å². The molecule has 0 fully saturated rings. The summed E-state index contributed by atoms with van der Waals surface area (Å²) in [6.45, 7) is 1.69. The summed E-state index contributed by atoms with van der Waals surface area (Å²) >= 11 is 1.36.